The van der Waals surface area contributed by atoms with Gasteiger partial charge in [0.1, 0.15) is 0 Å². The Labute approximate surface area is 268 Å². The highest BCUT2D eigenvalue weighted by molar-refractivity contribution is 4.60. The SMILES string of the molecule is CCCCCCCCCCCC[N+]1(CCC[N+]2(CCCCCCCCCCCC)CCCC2)CCCC1.[Br-].[Br-]. The lowest BCUT2D eigenvalue weighted by Gasteiger charge is -2.38. The summed E-state index contributed by atoms with van der Waals surface area (Å²) in [5, 5.41) is 0. The van der Waals surface area contributed by atoms with Crippen LogP contribution in [0, 0.1) is 0 Å². The van der Waals surface area contributed by atoms with Crippen molar-refractivity contribution in [3.63, 3.8) is 0 Å². The molecule has 0 atom stereocenters. The van der Waals surface area contributed by atoms with E-state index in [1.165, 1.54) is 222 Å². The first-order valence-corrected chi connectivity index (χ1v) is 17.9. The molecule has 2 nitrogen and oxygen atoms in total. The molecule has 0 aliphatic carbocycles. The third-order valence-corrected chi connectivity index (χ3v) is 10.3. The van der Waals surface area contributed by atoms with Gasteiger partial charge >= 0.3 is 0 Å². The Bertz CT molecular complexity index is 457. The zero-order valence-electron chi connectivity index (χ0n) is 27.0. The number of unbranched alkanes of at least 4 members (excludes halogenated alkanes) is 18. The van der Waals surface area contributed by atoms with Crippen LogP contribution >= 0.6 is 0 Å². The fraction of sp³-hybridized carbons (Fsp3) is 1.00. The lowest BCUT2D eigenvalue weighted by Crippen LogP contribution is -3.00. The maximum absolute atomic E-state index is 2.32. The van der Waals surface area contributed by atoms with E-state index in [1.54, 1.807) is 0 Å². The molecule has 0 aromatic carbocycles. The highest BCUT2D eigenvalue weighted by atomic mass is 79.9. The van der Waals surface area contributed by atoms with Crippen molar-refractivity contribution in [3.05, 3.63) is 0 Å². The van der Waals surface area contributed by atoms with Gasteiger partial charge in [-0.2, -0.15) is 0 Å². The molecule has 2 aliphatic heterocycles. The number of hydrogen-bond acceptors (Lipinski definition) is 0. The smallest absolute Gasteiger partial charge is 0.0841 e. The topological polar surface area (TPSA) is 0 Å². The molecular weight excluding hydrogens is 608 g/mol. The maximum atomic E-state index is 2.32. The largest absolute Gasteiger partial charge is 1.00 e. The molecule has 0 amide bonds. The van der Waals surface area contributed by atoms with Gasteiger partial charge in [-0.05, 0) is 25.7 Å². The number of quaternary nitrogens is 2. The Kier molecular flexibility index (Phi) is 27.1. The van der Waals surface area contributed by atoms with E-state index in [4.69, 9.17) is 0 Å². The van der Waals surface area contributed by atoms with Crippen molar-refractivity contribution in [2.24, 2.45) is 0 Å². The first-order chi connectivity index (χ1) is 18.2. The number of nitrogens with zero attached hydrogens (tertiary/aromatic N) is 2. The minimum atomic E-state index is 0. The zero-order chi connectivity index (χ0) is 26.3. The van der Waals surface area contributed by atoms with Crippen LogP contribution in [0.1, 0.15) is 174 Å². The van der Waals surface area contributed by atoms with Crippen molar-refractivity contribution in [2.45, 2.75) is 174 Å². The van der Waals surface area contributed by atoms with Gasteiger partial charge in [0, 0.05) is 32.1 Å². The van der Waals surface area contributed by atoms with Gasteiger partial charge in [-0.3, -0.25) is 0 Å². The normalized spacial score (nSPS) is 17.7. The fourth-order valence-corrected chi connectivity index (χ4v) is 7.74. The first kappa shape index (κ1) is 39.9. The minimum Gasteiger partial charge on any atom is -1.00 e. The predicted octanol–water partition coefficient (Wildman–Crippen LogP) is 4.45. The van der Waals surface area contributed by atoms with Gasteiger partial charge in [-0.1, -0.05) is 117 Å². The van der Waals surface area contributed by atoms with E-state index in [0.717, 1.165) is 0 Å². The second-order valence-corrected chi connectivity index (χ2v) is 13.6. The van der Waals surface area contributed by atoms with Gasteiger partial charge in [0.05, 0.1) is 52.4 Å². The summed E-state index contributed by atoms with van der Waals surface area (Å²) in [4.78, 5) is 0. The summed E-state index contributed by atoms with van der Waals surface area (Å²) in [5.74, 6) is 0. The summed E-state index contributed by atoms with van der Waals surface area (Å²) < 4.78 is 2.99. The van der Waals surface area contributed by atoms with E-state index >= 15 is 0 Å². The number of likely N-dealkylation sites (tertiary alicyclic amines) is 2. The van der Waals surface area contributed by atoms with Crippen LogP contribution < -0.4 is 34.0 Å². The van der Waals surface area contributed by atoms with Gasteiger partial charge < -0.3 is 42.9 Å². The quantitative estimate of drug-likeness (QED) is 0.0937. The molecule has 2 heterocycles. The predicted molar refractivity (Wildman–Crippen MR) is 166 cm³/mol. The molecule has 0 unspecified atom stereocenters. The summed E-state index contributed by atoms with van der Waals surface area (Å²) in [5.41, 5.74) is 0. The monoisotopic (exact) mass is 678 g/mol. The molecule has 0 saturated carbocycles. The Hall–Kier alpha value is 0.880. The lowest BCUT2D eigenvalue weighted by molar-refractivity contribution is -0.935. The van der Waals surface area contributed by atoms with Gasteiger partial charge in [0.2, 0.25) is 0 Å². The Morgan fingerprint density at radius 1 is 0.308 bits per heavy atom. The van der Waals surface area contributed by atoms with Crippen LogP contribution in [0.5, 0.6) is 0 Å². The average Bonchev–Trinajstić information content (AvgIpc) is 3.57. The third kappa shape index (κ3) is 18.9. The maximum Gasteiger partial charge on any atom is 0.0841 e. The van der Waals surface area contributed by atoms with Crippen LogP contribution in [0.2, 0.25) is 0 Å². The van der Waals surface area contributed by atoms with Crippen LogP contribution in [-0.4, -0.2) is 61.3 Å². The highest BCUT2D eigenvalue weighted by Crippen LogP contribution is 2.26. The number of halogens is 2. The number of hydrogen-bond donors (Lipinski definition) is 0. The van der Waals surface area contributed by atoms with E-state index in [9.17, 15) is 0 Å². The lowest BCUT2D eigenvalue weighted by atomic mass is 10.1. The Morgan fingerprint density at radius 3 is 0.821 bits per heavy atom. The summed E-state index contributed by atoms with van der Waals surface area (Å²) >= 11 is 0. The molecule has 2 saturated heterocycles. The molecule has 0 aromatic heterocycles. The molecule has 2 aliphatic rings. The average molecular weight is 681 g/mol. The molecule has 0 spiro atoms. The standard InChI is InChI=1S/C35H72N2.2BrH/c1-3-5-7-9-11-13-15-17-19-21-28-36(30-23-24-31-36)34-27-35-37(32-25-26-33-37)29-22-20-18-16-14-12-10-8-6-4-2;;/h3-35H2,1-2H3;2*1H/q+2;;/p-2. The molecule has 39 heavy (non-hydrogen) atoms. The van der Waals surface area contributed by atoms with Gasteiger partial charge in [-0.25, -0.2) is 0 Å². The second-order valence-electron chi connectivity index (χ2n) is 13.6. The highest BCUT2D eigenvalue weighted by Gasteiger charge is 2.35. The Balaban J connectivity index is 0.00000722. The molecule has 2 rings (SSSR count). The van der Waals surface area contributed by atoms with Gasteiger partial charge in [0.25, 0.3) is 0 Å². The number of rotatable bonds is 26. The van der Waals surface area contributed by atoms with Crippen molar-refractivity contribution >= 4 is 0 Å². The molecular formula is C35H72Br2N2. The van der Waals surface area contributed by atoms with Crippen molar-refractivity contribution in [3.8, 4) is 0 Å². The van der Waals surface area contributed by atoms with Crippen LogP contribution in [0.3, 0.4) is 0 Å². The van der Waals surface area contributed by atoms with Crippen molar-refractivity contribution in [2.75, 3.05) is 52.4 Å². The van der Waals surface area contributed by atoms with E-state index in [0.29, 0.717) is 0 Å². The molecule has 0 bridgehead atoms. The third-order valence-electron chi connectivity index (χ3n) is 10.3. The van der Waals surface area contributed by atoms with E-state index in [2.05, 4.69) is 13.8 Å². The van der Waals surface area contributed by atoms with Crippen molar-refractivity contribution in [1.82, 2.24) is 0 Å². The molecule has 236 valence electrons. The molecule has 2 fully saturated rings. The summed E-state index contributed by atoms with van der Waals surface area (Å²) in [6.07, 6.45) is 36.9. The first-order valence-electron chi connectivity index (χ1n) is 17.9. The van der Waals surface area contributed by atoms with Crippen molar-refractivity contribution < 1.29 is 42.9 Å². The van der Waals surface area contributed by atoms with Crippen LogP contribution in [-0.2, 0) is 0 Å². The van der Waals surface area contributed by atoms with Crippen LogP contribution in [0.25, 0.3) is 0 Å². The Morgan fingerprint density at radius 2 is 0.538 bits per heavy atom. The second kappa shape index (κ2) is 26.5. The van der Waals surface area contributed by atoms with Crippen LogP contribution in [0.4, 0.5) is 0 Å². The minimum absolute atomic E-state index is 0. The van der Waals surface area contributed by atoms with Crippen LogP contribution in [0.15, 0.2) is 0 Å². The summed E-state index contributed by atoms with van der Waals surface area (Å²) in [6, 6.07) is 0. The molecule has 4 heteroatoms. The van der Waals surface area contributed by atoms with E-state index in [1.807, 2.05) is 0 Å². The molecule has 0 radical (unpaired) electrons. The van der Waals surface area contributed by atoms with E-state index < -0.39 is 0 Å². The summed E-state index contributed by atoms with van der Waals surface area (Å²) in [6.45, 7) is 16.6. The van der Waals surface area contributed by atoms with Gasteiger partial charge in [-0.15, -0.1) is 0 Å². The fourth-order valence-electron chi connectivity index (χ4n) is 7.74. The van der Waals surface area contributed by atoms with E-state index in [-0.39, 0.29) is 34.0 Å². The molecule has 0 aromatic rings. The summed E-state index contributed by atoms with van der Waals surface area (Å²) in [7, 11) is 0. The molecule has 0 N–H and O–H groups in total. The van der Waals surface area contributed by atoms with Crippen molar-refractivity contribution in [1.29, 1.82) is 0 Å². The van der Waals surface area contributed by atoms with Gasteiger partial charge in [0.15, 0.2) is 0 Å². The zero-order valence-corrected chi connectivity index (χ0v) is 30.2.